The van der Waals surface area contributed by atoms with Crippen molar-refractivity contribution >= 4 is 42.8 Å². The molecule has 120 valence electrons. The topological polar surface area (TPSA) is 83.6 Å². The summed E-state index contributed by atoms with van der Waals surface area (Å²) in [7, 11) is -5.50. The Hall–Kier alpha value is -1.58. The molecule has 0 unspecified atom stereocenters. The summed E-state index contributed by atoms with van der Waals surface area (Å²) in [6.07, 6.45) is 1.05. The van der Waals surface area contributed by atoms with Crippen LogP contribution in [0, 0.1) is 6.92 Å². The van der Waals surface area contributed by atoms with Crippen molar-refractivity contribution in [3.63, 3.8) is 0 Å². The molecule has 1 aromatic carbocycles. The number of hydrogen-bond acceptors (Lipinski definition) is 5. The van der Waals surface area contributed by atoms with Gasteiger partial charge >= 0.3 is 0 Å². The zero-order valence-electron chi connectivity index (χ0n) is 12.3. The van der Waals surface area contributed by atoms with Crippen LogP contribution in [0.4, 0.5) is 11.4 Å². The molecule has 0 aliphatic heterocycles. The second kappa shape index (κ2) is 5.90. The smallest absolute Gasteiger partial charge is 0.273 e. The Labute approximate surface area is 134 Å². The summed E-state index contributed by atoms with van der Waals surface area (Å²) in [4.78, 5) is 0.916. The predicted octanol–water partition coefficient (Wildman–Crippen LogP) is 2.25. The van der Waals surface area contributed by atoms with E-state index in [1.54, 1.807) is 24.3 Å². The fraction of sp³-hybridized carbons (Fsp3) is 0.231. The number of aryl methyl sites for hydroxylation is 1. The molecule has 0 amide bonds. The number of benzene rings is 1. The Morgan fingerprint density at radius 2 is 1.59 bits per heavy atom. The van der Waals surface area contributed by atoms with Crippen molar-refractivity contribution in [1.29, 1.82) is 0 Å². The zero-order valence-corrected chi connectivity index (χ0v) is 14.7. The minimum absolute atomic E-state index is 0.269. The van der Waals surface area contributed by atoms with Crippen molar-refractivity contribution < 1.29 is 16.8 Å². The summed E-state index contributed by atoms with van der Waals surface area (Å²) in [5.74, 6) is 0. The molecule has 1 N–H and O–H groups in total. The molecule has 0 saturated carbocycles. The summed E-state index contributed by atoms with van der Waals surface area (Å²) in [5, 5.41) is 0. The van der Waals surface area contributed by atoms with Crippen LogP contribution in [0.5, 0.6) is 0 Å². The van der Waals surface area contributed by atoms with E-state index in [0.717, 1.165) is 11.1 Å². The molecule has 0 aliphatic carbocycles. The van der Waals surface area contributed by atoms with Crippen LogP contribution in [-0.4, -0.2) is 30.1 Å². The molecule has 0 radical (unpaired) electrons. The normalized spacial score (nSPS) is 12.1. The highest BCUT2D eigenvalue weighted by Gasteiger charge is 2.22. The van der Waals surface area contributed by atoms with E-state index in [1.165, 1.54) is 34.8 Å². The number of nitrogens with zero attached hydrogens (tertiary/aromatic N) is 1. The number of sulfonamides is 2. The Balaban J connectivity index is 2.28. The van der Waals surface area contributed by atoms with Crippen LogP contribution in [0.2, 0.25) is 0 Å². The predicted molar refractivity (Wildman–Crippen MR) is 89.6 cm³/mol. The minimum Gasteiger partial charge on any atom is -0.284 e. The van der Waals surface area contributed by atoms with Crippen LogP contribution in [-0.2, 0) is 20.0 Å². The molecule has 6 nitrogen and oxygen atoms in total. The largest absolute Gasteiger partial charge is 0.284 e. The fourth-order valence-corrected chi connectivity index (χ4v) is 4.99. The molecular weight excluding hydrogens is 344 g/mol. The van der Waals surface area contributed by atoms with Crippen molar-refractivity contribution in [2.45, 2.75) is 11.1 Å². The van der Waals surface area contributed by atoms with Gasteiger partial charge in [-0.1, -0.05) is 0 Å². The highest BCUT2D eigenvalue weighted by atomic mass is 32.2. The molecule has 0 atom stereocenters. The number of nitrogens with one attached hydrogen (secondary N) is 1. The van der Waals surface area contributed by atoms with Crippen LogP contribution < -0.4 is 9.03 Å². The van der Waals surface area contributed by atoms with E-state index in [-0.39, 0.29) is 4.21 Å². The number of thiophene rings is 1. The van der Waals surface area contributed by atoms with E-state index in [4.69, 9.17) is 0 Å². The Morgan fingerprint density at radius 3 is 2.05 bits per heavy atom. The van der Waals surface area contributed by atoms with E-state index >= 15 is 0 Å². The first-order chi connectivity index (χ1) is 10.1. The lowest BCUT2D eigenvalue weighted by Crippen LogP contribution is -2.25. The first-order valence-electron chi connectivity index (χ1n) is 6.23. The molecule has 1 heterocycles. The average Bonchev–Trinajstić information content (AvgIpc) is 2.84. The zero-order chi connectivity index (χ0) is 16.5. The van der Waals surface area contributed by atoms with Gasteiger partial charge in [-0.25, -0.2) is 16.8 Å². The SMILES string of the molecule is Cc1ccc(S(=O)(=O)N(C)c2ccc(NS(C)(=O)=O)cc2)s1. The van der Waals surface area contributed by atoms with Crippen molar-refractivity contribution in [1.82, 2.24) is 0 Å². The summed E-state index contributed by atoms with van der Waals surface area (Å²) < 4.78 is 51.0. The summed E-state index contributed by atoms with van der Waals surface area (Å²) in [6, 6.07) is 9.46. The van der Waals surface area contributed by atoms with Gasteiger partial charge in [0.15, 0.2) is 0 Å². The Morgan fingerprint density at radius 1 is 1.00 bits per heavy atom. The molecule has 0 bridgehead atoms. The Bertz CT molecular complexity index is 868. The quantitative estimate of drug-likeness (QED) is 0.886. The van der Waals surface area contributed by atoms with Gasteiger partial charge in [0.25, 0.3) is 10.0 Å². The van der Waals surface area contributed by atoms with Gasteiger partial charge in [0.05, 0.1) is 11.9 Å². The van der Waals surface area contributed by atoms with Gasteiger partial charge in [0, 0.05) is 17.6 Å². The maximum absolute atomic E-state index is 12.5. The molecule has 0 saturated heterocycles. The lowest BCUT2D eigenvalue weighted by molar-refractivity contribution is 0.596. The average molecular weight is 360 g/mol. The first-order valence-corrected chi connectivity index (χ1v) is 10.4. The van der Waals surface area contributed by atoms with Gasteiger partial charge < -0.3 is 0 Å². The summed E-state index contributed by atoms with van der Waals surface area (Å²) in [6.45, 7) is 1.84. The van der Waals surface area contributed by atoms with Crippen molar-refractivity contribution in [2.24, 2.45) is 0 Å². The molecular formula is C13H16N2O4S3. The van der Waals surface area contributed by atoms with E-state index in [9.17, 15) is 16.8 Å². The monoisotopic (exact) mass is 360 g/mol. The third kappa shape index (κ3) is 3.79. The van der Waals surface area contributed by atoms with Gasteiger partial charge in [-0.2, -0.15) is 0 Å². The van der Waals surface area contributed by atoms with Gasteiger partial charge in [-0.3, -0.25) is 9.03 Å². The van der Waals surface area contributed by atoms with Crippen LogP contribution in [0.15, 0.2) is 40.6 Å². The van der Waals surface area contributed by atoms with Gasteiger partial charge in [0.1, 0.15) is 4.21 Å². The first kappa shape index (κ1) is 16.8. The second-order valence-corrected chi connectivity index (χ2v) is 9.99. The second-order valence-electron chi connectivity index (χ2n) is 4.76. The highest BCUT2D eigenvalue weighted by molar-refractivity contribution is 7.94. The molecule has 1 aromatic heterocycles. The van der Waals surface area contributed by atoms with Crippen molar-refractivity contribution in [3.05, 3.63) is 41.3 Å². The lowest BCUT2D eigenvalue weighted by atomic mass is 10.3. The van der Waals surface area contributed by atoms with E-state index in [0.29, 0.717) is 11.4 Å². The van der Waals surface area contributed by atoms with E-state index < -0.39 is 20.0 Å². The van der Waals surface area contributed by atoms with Gasteiger partial charge in [-0.15, -0.1) is 11.3 Å². The highest BCUT2D eigenvalue weighted by Crippen LogP contribution is 2.28. The van der Waals surface area contributed by atoms with Crippen LogP contribution in [0.25, 0.3) is 0 Å². The molecule has 2 rings (SSSR count). The van der Waals surface area contributed by atoms with Crippen LogP contribution in [0.3, 0.4) is 0 Å². The molecule has 0 spiro atoms. The van der Waals surface area contributed by atoms with Gasteiger partial charge in [0.2, 0.25) is 10.0 Å². The molecule has 2 aromatic rings. The third-order valence-corrected chi connectivity index (χ3v) is 6.72. The maximum Gasteiger partial charge on any atom is 0.273 e. The summed E-state index contributed by atoms with van der Waals surface area (Å²) in [5.41, 5.74) is 0.828. The van der Waals surface area contributed by atoms with E-state index in [2.05, 4.69) is 4.72 Å². The standard InChI is InChI=1S/C13H16N2O4S3/c1-10-4-9-13(20-10)22(18,19)15(2)12-7-5-11(6-8-12)14-21(3,16)17/h4-9,14H,1-3H3. The van der Waals surface area contributed by atoms with Gasteiger partial charge in [-0.05, 0) is 43.3 Å². The summed E-state index contributed by atoms with van der Waals surface area (Å²) >= 11 is 1.21. The number of rotatable bonds is 5. The molecule has 0 aliphatic rings. The van der Waals surface area contributed by atoms with E-state index in [1.807, 2.05) is 6.92 Å². The lowest BCUT2D eigenvalue weighted by Gasteiger charge is -2.18. The minimum atomic E-state index is -3.61. The molecule has 0 fully saturated rings. The Kier molecular flexibility index (Phi) is 4.50. The third-order valence-electron chi connectivity index (χ3n) is 2.86. The molecule has 22 heavy (non-hydrogen) atoms. The fourth-order valence-electron chi connectivity index (χ4n) is 1.78. The number of hydrogen-bond donors (Lipinski definition) is 1. The van der Waals surface area contributed by atoms with Crippen LogP contribution in [0.1, 0.15) is 4.88 Å². The number of anilines is 2. The van der Waals surface area contributed by atoms with Crippen molar-refractivity contribution in [3.8, 4) is 0 Å². The molecule has 9 heteroatoms. The van der Waals surface area contributed by atoms with Crippen molar-refractivity contribution in [2.75, 3.05) is 22.3 Å². The van der Waals surface area contributed by atoms with Crippen LogP contribution >= 0.6 is 11.3 Å². The maximum atomic E-state index is 12.5.